The van der Waals surface area contributed by atoms with Crippen molar-refractivity contribution < 1.29 is 14.4 Å². The molecule has 0 amide bonds. The first-order chi connectivity index (χ1) is 8.72. The summed E-state index contributed by atoms with van der Waals surface area (Å²) < 4.78 is 10.2. The van der Waals surface area contributed by atoms with Gasteiger partial charge in [-0.2, -0.15) is 0 Å². The van der Waals surface area contributed by atoms with E-state index in [1.165, 1.54) is 31.8 Å². The largest absolute Gasteiger partial charge is 0.484 e. The Morgan fingerprint density at radius 2 is 2.22 bits per heavy atom. The molecule has 2 rings (SSSR count). The minimum absolute atomic E-state index is 0.103. The van der Waals surface area contributed by atoms with Crippen molar-refractivity contribution in [2.75, 3.05) is 20.3 Å². The molecule has 7 nitrogen and oxygen atoms in total. The van der Waals surface area contributed by atoms with Gasteiger partial charge in [0.15, 0.2) is 5.75 Å². The molecule has 1 heterocycles. The Morgan fingerprint density at radius 1 is 1.39 bits per heavy atom. The van der Waals surface area contributed by atoms with Crippen LogP contribution in [0.2, 0.25) is 0 Å². The standard InChI is InChI=1S/C11H11N3O4/c1-17-2-3-18-11-5-9-8(6-12-7-13-9)4-10(11)14(15)16/h4-7H,2-3H2,1H3. The second-order valence-electron chi connectivity index (χ2n) is 3.50. The molecule has 0 saturated heterocycles. The first-order valence-electron chi connectivity index (χ1n) is 5.22. The number of nitro groups is 1. The van der Waals surface area contributed by atoms with Crippen molar-refractivity contribution >= 4 is 16.6 Å². The lowest BCUT2D eigenvalue weighted by molar-refractivity contribution is -0.385. The third kappa shape index (κ3) is 2.51. The van der Waals surface area contributed by atoms with Crippen LogP contribution in [0.4, 0.5) is 5.69 Å². The van der Waals surface area contributed by atoms with Crippen LogP contribution in [0.1, 0.15) is 0 Å². The first kappa shape index (κ1) is 12.2. The van der Waals surface area contributed by atoms with Crippen molar-refractivity contribution in [1.29, 1.82) is 0 Å². The predicted octanol–water partition coefficient (Wildman–Crippen LogP) is 1.56. The van der Waals surface area contributed by atoms with Gasteiger partial charge in [0.1, 0.15) is 12.9 Å². The quantitative estimate of drug-likeness (QED) is 0.454. The summed E-state index contributed by atoms with van der Waals surface area (Å²) in [6.45, 7) is 0.604. The number of aromatic nitrogens is 2. The highest BCUT2D eigenvalue weighted by Gasteiger charge is 2.17. The van der Waals surface area contributed by atoms with E-state index in [2.05, 4.69) is 9.97 Å². The fraction of sp³-hybridized carbons (Fsp3) is 0.273. The highest BCUT2D eigenvalue weighted by atomic mass is 16.6. The summed E-state index contributed by atoms with van der Waals surface area (Å²) in [6.07, 6.45) is 2.90. The topological polar surface area (TPSA) is 87.4 Å². The van der Waals surface area contributed by atoms with Crippen LogP contribution < -0.4 is 4.74 Å². The first-order valence-corrected chi connectivity index (χ1v) is 5.22. The van der Waals surface area contributed by atoms with Crippen LogP contribution in [0.25, 0.3) is 10.9 Å². The van der Waals surface area contributed by atoms with Gasteiger partial charge in [-0.3, -0.25) is 10.1 Å². The summed E-state index contributed by atoms with van der Waals surface area (Å²) in [5.74, 6) is 0.184. The van der Waals surface area contributed by atoms with Crippen molar-refractivity contribution in [3.05, 3.63) is 34.8 Å². The average molecular weight is 249 g/mol. The van der Waals surface area contributed by atoms with E-state index in [1.807, 2.05) is 0 Å². The zero-order valence-corrected chi connectivity index (χ0v) is 9.70. The van der Waals surface area contributed by atoms with Gasteiger partial charge in [0.2, 0.25) is 0 Å². The molecule has 0 fully saturated rings. The summed E-state index contributed by atoms with van der Waals surface area (Å²) in [5.41, 5.74) is 0.497. The molecule has 0 saturated carbocycles. The second kappa shape index (κ2) is 5.37. The minimum Gasteiger partial charge on any atom is -0.484 e. The van der Waals surface area contributed by atoms with Gasteiger partial charge < -0.3 is 9.47 Å². The zero-order chi connectivity index (χ0) is 13.0. The number of nitrogens with zero attached hydrogens (tertiary/aromatic N) is 3. The molecule has 0 aliphatic rings. The molecule has 1 aromatic heterocycles. The Labute approximate surface area is 103 Å². The molecule has 2 aromatic rings. The van der Waals surface area contributed by atoms with Gasteiger partial charge in [0, 0.05) is 30.8 Å². The summed E-state index contributed by atoms with van der Waals surface area (Å²) in [7, 11) is 1.53. The van der Waals surface area contributed by atoms with Gasteiger partial charge in [-0.05, 0) is 0 Å². The van der Waals surface area contributed by atoms with E-state index in [0.29, 0.717) is 17.5 Å². The maximum Gasteiger partial charge on any atom is 0.311 e. The smallest absolute Gasteiger partial charge is 0.311 e. The van der Waals surface area contributed by atoms with Crippen molar-refractivity contribution in [1.82, 2.24) is 9.97 Å². The Balaban J connectivity index is 2.41. The molecule has 0 atom stereocenters. The van der Waals surface area contributed by atoms with Gasteiger partial charge in [0.05, 0.1) is 17.0 Å². The Hall–Kier alpha value is -2.28. The van der Waals surface area contributed by atoms with E-state index in [0.717, 1.165) is 0 Å². The predicted molar refractivity (Wildman–Crippen MR) is 63.6 cm³/mol. The number of benzene rings is 1. The Bertz CT molecular complexity index is 573. The molecule has 0 unspecified atom stereocenters. The van der Waals surface area contributed by atoms with Crippen LogP contribution >= 0.6 is 0 Å². The van der Waals surface area contributed by atoms with E-state index in [1.54, 1.807) is 0 Å². The number of fused-ring (bicyclic) bond motifs is 1. The van der Waals surface area contributed by atoms with Crippen molar-refractivity contribution in [2.45, 2.75) is 0 Å². The van der Waals surface area contributed by atoms with Crippen molar-refractivity contribution in [3.63, 3.8) is 0 Å². The van der Waals surface area contributed by atoms with E-state index in [9.17, 15) is 10.1 Å². The summed E-state index contributed by atoms with van der Waals surface area (Å²) in [4.78, 5) is 18.3. The van der Waals surface area contributed by atoms with Gasteiger partial charge in [-0.1, -0.05) is 0 Å². The van der Waals surface area contributed by atoms with Crippen molar-refractivity contribution in [3.8, 4) is 5.75 Å². The van der Waals surface area contributed by atoms with Crippen LogP contribution in [-0.4, -0.2) is 35.2 Å². The summed E-state index contributed by atoms with van der Waals surface area (Å²) >= 11 is 0. The molecule has 0 radical (unpaired) electrons. The number of nitro benzene ring substituents is 1. The third-order valence-electron chi connectivity index (χ3n) is 2.33. The molecule has 18 heavy (non-hydrogen) atoms. The molecule has 0 aliphatic heterocycles. The van der Waals surface area contributed by atoms with E-state index in [-0.39, 0.29) is 18.0 Å². The number of hydrogen-bond donors (Lipinski definition) is 0. The van der Waals surface area contributed by atoms with E-state index in [4.69, 9.17) is 9.47 Å². The van der Waals surface area contributed by atoms with Crippen LogP contribution in [0.15, 0.2) is 24.7 Å². The van der Waals surface area contributed by atoms with Gasteiger partial charge >= 0.3 is 5.69 Å². The van der Waals surface area contributed by atoms with Crippen LogP contribution in [0, 0.1) is 10.1 Å². The lowest BCUT2D eigenvalue weighted by atomic mass is 10.2. The third-order valence-corrected chi connectivity index (χ3v) is 2.33. The van der Waals surface area contributed by atoms with E-state index >= 15 is 0 Å². The number of ether oxygens (including phenoxy) is 2. The zero-order valence-electron chi connectivity index (χ0n) is 9.70. The molecule has 0 aliphatic carbocycles. The Kier molecular flexibility index (Phi) is 3.63. The molecular weight excluding hydrogens is 238 g/mol. The summed E-state index contributed by atoms with van der Waals surface area (Å²) in [5, 5.41) is 11.6. The SMILES string of the molecule is COCCOc1cc2ncncc2cc1[N+](=O)[O-]. The lowest BCUT2D eigenvalue weighted by Gasteiger charge is -2.07. The molecule has 0 N–H and O–H groups in total. The van der Waals surface area contributed by atoms with E-state index < -0.39 is 4.92 Å². The van der Waals surface area contributed by atoms with Crippen molar-refractivity contribution in [2.24, 2.45) is 0 Å². The van der Waals surface area contributed by atoms with Gasteiger partial charge in [-0.15, -0.1) is 0 Å². The second-order valence-corrected chi connectivity index (χ2v) is 3.50. The monoisotopic (exact) mass is 249 g/mol. The van der Waals surface area contributed by atoms with Gasteiger partial charge in [-0.25, -0.2) is 9.97 Å². The van der Waals surface area contributed by atoms with Crippen LogP contribution in [0.3, 0.4) is 0 Å². The number of rotatable bonds is 5. The molecule has 1 aromatic carbocycles. The molecular formula is C11H11N3O4. The highest BCUT2D eigenvalue weighted by Crippen LogP contribution is 2.30. The lowest BCUT2D eigenvalue weighted by Crippen LogP contribution is -2.06. The fourth-order valence-electron chi connectivity index (χ4n) is 1.49. The normalized spacial score (nSPS) is 10.5. The Morgan fingerprint density at radius 3 is 2.94 bits per heavy atom. The minimum atomic E-state index is -0.491. The number of methoxy groups -OCH3 is 1. The molecule has 7 heteroatoms. The fourth-order valence-corrected chi connectivity index (χ4v) is 1.49. The highest BCUT2D eigenvalue weighted by molar-refractivity contribution is 5.82. The molecule has 0 bridgehead atoms. The summed E-state index contributed by atoms with van der Waals surface area (Å²) in [6, 6.07) is 2.93. The van der Waals surface area contributed by atoms with Crippen LogP contribution in [0.5, 0.6) is 5.75 Å². The maximum atomic E-state index is 11.0. The van der Waals surface area contributed by atoms with Crippen LogP contribution in [-0.2, 0) is 4.74 Å². The number of hydrogen-bond acceptors (Lipinski definition) is 6. The van der Waals surface area contributed by atoms with Gasteiger partial charge in [0.25, 0.3) is 0 Å². The maximum absolute atomic E-state index is 11.0. The average Bonchev–Trinajstić information content (AvgIpc) is 2.38. The molecule has 0 spiro atoms. The molecule has 94 valence electrons.